The Morgan fingerprint density at radius 3 is 2.55 bits per heavy atom. The van der Waals surface area contributed by atoms with Gasteiger partial charge < -0.3 is 19.8 Å². The van der Waals surface area contributed by atoms with Gasteiger partial charge in [-0.2, -0.15) is 0 Å². The Hall–Kier alpha value is -0.610. The molecule has 5 aliphatic rings. The van der Waals surface area contributed by atoms with E-state index < -0.39 is 37.2 Å². The van der Waals surface area contributed by atoms with Crippen LogP contribution >= 0.6 is 30.9 Å². The van der Waals surface area contributed by atoms with E-state index in [4.69, 9.17) is 27.7 Å². The number of hydrogen-bond acceptors (Lipinski definition) is 7. The van der Waals surface area contributed by atoms with Gasteiger partial charge in [0.1, 0.15) is 12.2 Å². The number of Topliss-reactive ketones (excluding diaryl/α,β-unsaturated/α-hetero) is 1. The zero-order valence-electron chi connectivity index (χ0n) is 23.4. The minimum Gasteiger partial charge on any atom is -0.393 e. The fraction of sp³-hybridized carbons (Fsp3) is 0.786. The number of carbonyl (C=O) groups is 2. The molecular formula is C28H43Cl2N2O7P. The Balaban J connectivity index is 0.000000224. The van der Waals surface area contributed by atoms with Crippen molar-refractivity contribution in [1.82, 2.24) is 9.76 Å². The van der Waals surface area contributed by atoms with E-state index in [0.717, 1.165) is 37.8 Å². The summed E-state index contributed by atoms with van der Waals surface area (Å²) in [5.74, 6) is 0.619. The molecule has 8 atom stereocenters. The maximum Gasteiger partial charge on any atom is 0.343 e. The number of nitrogens with zero attached hydrogens (tertiary/aromatic N) is 1. The summed E-state index contributed by atoms with van der Waals surface area (Å²) in [4.78, 5) is 24.2. The van der Waals surface area contributed by atoms with Gasteiger partial charge in [-0.15, -0.1) is 23.2 Å². The van der Waals surface area contributed by atoms with Gasteiger partial charge in [-0.25, -0.2) is 9.76 Å². The van der Waals surface area contributed by atoms with Crippen molar-refractivity contribution in [2.75, 3.05) is 44.6 Å². The Labute approximate surface area is 246 Å². The number of fused-ring (bicyclic) bond motifs is 5. The molecule has 1 aliphatic heterocycles. The molecule has 0 aromatic carbocycles. The van der Waals surface area contributed by atoms with E-state index in [1.165, 1.54) is 0 Å². The molecule has 0 spiro atoms. The van der Waals surface area contributed by atoms with Crippen molar-refractivity contribution in [1.29, 1.82) is 0 Å². The number of halogens is 2. The molecule has 0 aromatic heterocycles. The van der Waals surface area contributed by atoms with Gasteiger partial charge in [-0.3, -0.25) is 14.2 Å². The topological polar surface area (TPSA) is 136 Å². The summed E-state index contributed by atoms with van der Waals surface area (Å²) in [5, 5.41) is 34.6. The zero-order chi connectivity index (χ0) is 29.3. The van der Waals surface area contributed by atoms with Gasteiger partial charge in [-0.1, -0.05) is 25.5 Å². The van der Waals surface area contributed by atoms with Gasteiger partial charge >= 0.3 is 7.67 Å². The average molecular weight is 622 g/mol. The molecule has 0 bridgehead atoms. The summed E-state index contributed by atoms with van der Waals surface area (Å²) in [5.41, 5.74) is -1.54. The normalized spacial score (nSPS) is 42.3. The monoisotopic (exact) mass is 620 g/mol. The van der Waals surface area contributed by atoms with Gasteiger partial charge in [0.05, 0.1) is 12.7 Å². The largest absolute Gasteiger partial charge is 0.393 e. The highest BCUT2D eigenvalue weighted by molar-refractivity contribution is 7.54. The molecule has 0 radical (unpaired) electrons. The summed E-state index contributed by atoms with van der Waals surface area (Å²) < 4.78 is 19.2. The van der Waals surface area contributed by atoms with Gasteiger partial charge in [-0.05, 0) is 62.5 Å². The molecule has 4 aliphatic carbocycles. The smallest absolute Gasteiger partial charge is 0.343 e. The lowest BCUT2D eigenvalue weighted by Gasteiger charge is -2.59. The zero-order valence-corrected chi connectivity index (χ0v) is 25.8. The molecule has 40 heavy (non-hydrogen) atoms. The molecule has 1 unspecified atom stereocenters. The van der Waals surface area contributed by atoms with E-state index in [2.05, 4.69) is 12.0 Å². The van der Waals surface area contributed by atoms with Crippen LogP contribution in [0.3, 0.4) is 0 Å². The van der Waals surface area contributed by atoms with Crippen LogP contribution in [0.25, 0.3) is 0 Å². The third-order valence-electron chi connectivity index (χ3n) is 10.2. The molecule has 1 saturated heterocycles. The van der Waals surface area contributed by atoms with Crippen LogP contribution in [0.4, 0.5) is 0 Å². The number of rotatable bonds is 7. The average Bonchev–Trinajstić information content (AvgIpc) is 3.20. The van der Waals surface area contributed by atoms with E-state index in [1.54, 1.807) is 16.8 Å². The predicted octanol–water partition coefficient (Wildman–Crippen LogP) is 3.44. The Morgan fingerprint density at radius 2 is 1.95 bits per heavy atom. The van der Waals surface area contributed by atoms with Gasteiger partial charge in [0.2, 0.25) is 0 Å². The van der Waals surface area contributed by atoms with Crippen LogP contribution in [-0.4, -0.2) is 87.9 Å². The second kappa shape index (κ2) is 12.6. The van der Waals surface area contributed by atoms with Crippen LogP contribution in [0.1, 0.15) is 52.4 Å². The minimum atomic E-state index is -2.84. The number of aliphatic hydroxyl groups is 3. The van der Waals surface area contributed by atoms with Crippen LogP contribution in [0.5, 0.6) is 0 Å². The summed E-state index contributed by atoms with van der Waals surface area (Å²) in [6.07, 6.45) is 8.57. The molecule has 4 N–H and O–H groups in total. The number of nitrogens with one attached hydrogen (secondary N) is 1. The molecule has 9 nitrogen and oxygen atoms in total. The molecule has 4 fully saturated rings. The summed E-state index contributed by atoms with van der Waals surface area (Å²) in [6.45, 7) is 5.65. The van der Waals surface area contributed by atoms with E-state index >= 15 is 0 Å². The van der Waals surface area contributed by atoms with Gasteiger partial charge in [0.15, 0.2) is 11.6 Å². The fourth-order valence-electron chi connectivity index (χ4n) is 8.20. The van der Waals surface area contributed by atoms with Crippen LogP contribution < -0.4 is 5.09 Å². The van der Waals surface area contributed by atoms with Crippen molar-refractivity contribution in [3.8, 4) is 0 Å². The van der Waals surface area contributed by atoms with E-state index in [1.807, 2.05) is 13.0 Å². The lowest BCUT2D eigenvalue weighted by molar-refractivity contribution is -0.178. The maximum absolute atomic E-state index is 12.4. The first kappa shape index (κ1) is 32.3. The van der Waals surface area contributed by atoms with E-state index in [9.17, 15) is 29.5 Å². The highest BCUT2D eigenvalue weighted by atomic mass is 35.5. The first-order valence-corrected chi connectivity index (χ1v) is 16.9. The van der Waals surface area contributed by atoms with Crippen molar-refractivity contribution in [3.63, 3.8) is 0 Å². The Kier molecular flexibility index (Phi) is 10.1. The van der Waals surface area contributed by atoms with Crippen molar-refractivity contribution in [3.05, 3.63) is 23.8 Å². The molecule has 12 heteroatoms. The quantitative estimate of drug-likeness (QED) is 0.249. The number of aliphatic hydroxyl groups excluding tert-OH is 2. The van der Waals surface area contributed by atoms with Crippen LogP contribution in [0.2, 0.25) is 0 Å². The minimum absolute atomic E-state index is 0.00912. The second-order valence-corrected chi connectivity index (χ2v) is 15.1. The molecule has 5 rings (SSSR count). The van der Waals surface area contributed by atoms with Crippen molar-refractivity contribution >= 4 is 42.4 Å². The summed E-state index contributed by atoms with van der Waals surface area (Å²) in [7, 11) is -2.84. The van der Waals surface area contributed by atoms with E-state index in [0.29, 0.717) is 44.3 Å². The predicted molar refractivity (Wildman–Crippen MR) is 154 cm³/mol. The summed E-state index contributed by atoms with van der Waals surface area (Å²) >= 11 is 11.2. The molecule has 1 heterocycles. The number of hydrogen-bond donors (Lipinski definition) is 4. The molecule has 3 saturated carbocycles. The van der Waals surface area contributed by atoms with E-state index in [-0.39, 0.29) is 29.0 Å². The van der Waals surface area contributed by atoms with Gasteiger partial charge in [0.25, 0.3) is 0 Å². The van der Waals surface area contributed by atoms with Crippen LogP contribution in [-0.2, 0) is 18.7 Å². The van der Waals surface area contributed by atoms with Crippen LogP contribution in [0, 0.1) is 28.6 Å². The molecule has 226 valence electrons. The first-order valence-electron chi connectivity index (χ1n) is 14.3. The lowest BCUT2D eigenvalue weighted by Crippen LogP contribution is -2.61. The number of allylic oxidation sites excluding steroid dienone is 4. The fourth-order valence-corrected chi connectivity index (χ4v) is 10.8. The number of carbonyl (C=O) groups excluding carboxylic acids is 2. The SMILES string of the molecule is C[C@]12C=CC(=O)C=C1CC[C@@H]1[C@@H]2[C@@H](O)C[C@@]2(C)[C@H]1CC[C@]2(O)C(=O)CO.O=P1(N(CCCl)CCCl)NCCCO1. The summed E-state index contributed by atoms with van der Waals surface area (Å²) in [6, 6.07) is 0. The third kappa shape index (κ3) is 5.56. The van der Waals surface area contributed by atoms with Gasteiger partial charge in [0, 0.05) is 48.1 Å². The first-order chi connectivity index (χ1) is 18.9. The molecule has 0 aromatic rings. The molecule has 0 amide bonds. The lowest BCUT2D eigenvalue weighted by atomic mass is 9.46. The second-order valence-electron chi connectivity index (χ2n) is 12.1. The Morgan fingerprint density at radius 1 is 1.25 bits per heavy atom. The maximum atomic E-state index is 12.4. The Bertz CT molecular complexity index is 1070. The standard InChI is InChI=1S/C21H28O5.C7H15Cl2N2O2P/c1-19-7-5-13(23)9-12(19)3-4-14-15-6-8-21(26,17(25)11-22)20(15,2)10-16(24)18(14)19;8-2-5-11(6-3-9)14(12)10-4-1-7-13-14/h5,7,9,14-16,18,22,24,26H,3-4,6,8,10-11H2,1-2H3;1-7H2,(H,10,12)/t14-,15-,16-,18+,19-,20-,21-;/m0./s1. The molecular weight excluding hydrogens is 578 g/mol. The van der Waals surface area contributed by atoms with Crippen molar-refractivity contribution in [2.24, 2.45) is 28.6 Å². The van der Waals surface area contributed by atoms with Crippen LogP contribution in [0.15, 0.2) is 23.8 Å². The highest BCUT2D eigenvalue weighted by Gasteiger charge is 2.67. The highest BCUT2D eigenvalue weighted by Crippen LogP contribution is 2.67. The number of alkyl halides is 2. The van der Waals surface area contributed by atoms with Crippen molar-refractivity contribution < 1.29 is 34.0 Å². The number of ketones is 2. The van der Waals surface area contributed by atoms with Crippen molar-refractivity contribution in [2.45, 2.75) is 64.1 Å². The third-order valence-corrected chi connectivity index (χ3v) is 12.8.